The molecule has 0 aliphatic carbocycles. The maximum absolute atomic E-state index is 14.2. The number of benzene rings is 2. The number of hydrogen-bond acceptors (Lipinski definition) is 3. The lowest BCUT2D eigenvalue weighted by Crippen LogP contribution is -2.30. The summed E-state index contributed by atoms with van der Waals surface area (Å²) in [5.41, 5.74) is 4.23. The van der Waals surface area contributed by atoms with Crippen molar-refractivity contribution in [1.29, 1.82) is 0 Å². The first-order valence-electron chi connectivity index (χ1n) is 6.18. The van der Waals surface area contributed by atoms with E-state index in [0.29, 0.717) is 12.0 Å². The minimum absolute atomic E-state index is 0.221. The summed E-state index contributed by atoms with van der Waals surface area (Å²) in [6, 6.07) is 12.6. The highest BCUT2D eigenvalue weighted by Crippen LogP contribution is 2.27. The van der Waals surface area contributed by atoms with E-state index in [1.54, 1.807) is 18.2 Å². The van der Waals surface area contributed by atoms with Gasteiger partial charge in [0.15, 0.2) is 11.6 Å². The van der Waals surface area contributed by atoms with Crippen LogP contribution in [0.3, 0.4) is 0 Å². The lowest BCUT2D eigenvalue weighted by molar-refractivity contribution is 0.379. The number of methoxy groups -OCH3 is 1. The fourth-order valence-corrected chi connectivity index (χ4v) is 2.33. The summed E-state index contributed by atoms with van der Waals surface area (Å²) in [5.74, 6) is 5.42. The van der Waals surface area contributed by atoms with Gasteiger partial charge in [0.25, 0.3) is 0 Å². The van der Waals surface area contributed by atoms with Crippen molar-refractivity contribution in [2.45, 2.75) is 12.5 Å². The van der Waals surface area contributed by atoms with Crippen molar-refractivity contribution >= 4 is 15.9 Å². The third-order valence-electron chi connectivity index (χ3n) is 3.14. The van der Waals surface area contributed by atoms with Gasteiger partial charge in [-0.3, -0.25) is 11.3 Å². The van der Waals surface area contributed by atoms with Crippen LogP contribution < -0.4 is 16.0 Å². The Hall–Kier alpha value is -1.43. The smallest absolute Gasteiger partial charge is 0.169 e. The summed E-state index contributed by atoms with van der Waals surface area (Å²) in [4.78, 5) is 0. The number of hydrazine groups is 1. The van der Waals surface area contributed by atoms with Gasteiger partial charge in [0, 0.05) is 10.0 Å². The second kappa shape index (κ2) is 6.83. The number of ether oxygens (including phenoxy) is 1. The SMILES string of the molecule is COc1cccc(C(Cc2ccc(Br)cc2)NN)c1F. The molecule has 3 nitrogen and oxygen atoms in total. The van der Waals surface area contributed by atoms with Gasteiger partial charge in [-0.1, -0.05) is 40.2 Å². The molecule has 0 saturated heterocycles. The summed E-state index contributed by atoms with van der Waals surface area (Å²) in [6.45, 7) is 0. The van der Waals surface area contributed by atoms with Gasteiger partial charge in [-0.15, -0.1) is 0 Å². The average molecular weight is 339 g/mol. The molecule has 0 aliphatic heterocycles. The molecule has 5 heteroatoms. The van der Waals surface area contributed by atoms with Gasteiger partial charge in [0.1, 0.15) is 0 Å². The number of hydrogen-bond donors (Lipinski definition) is 2. The molecule has 0 bridgehead atoms. The summed E-state index contributed by atoms with van der Waals surface area (Å²) < 4.78 is 20.3. The van der Waals surface area contributed by atoms with Gasteiger partial charge in [0.2, 0.25) is 0 Å². The third-order valence-corrected chi connectivity index (χ3v) is 3.67. The summed E-state index contributed by atoms with van der Waals surface area (Å²) in [6.07, 6.45) is 0.591. The van der Waals surface area contributed by atoms with Crippen molar-refractivity contribution < 1.29 is 9.13 Å². The molecule has 106 valence electrons. The van der Waals surface area contributed by atoms with Gasteiger partial charge in [-0.25, -0.2) is 4.39 Å². The molecule has 0 heterocycles. The van der Waals surface area contributed by atoms with Crippen LogP contribution in [0.25, 0.3) is 0 Å². The average Bonchev–Trinajstić information content (AvgIpc) is 2.47. The Morgan fingerprint density at radius 1 is 1.25 bits per heavy atom. The maximum atomic E-state index is 14.2. The van der Waals surface area contributed by atoms with Gasteiger partial charge in [-0.05, 0) is 30.2 Å². The van der Waals surface area contributed by atoms with Crippen LogP contribution in [0.15, 0.2) is 46.9 Å². The first-order valence-corrected chi connectivity index (χ1v) is 6.98. The van der Waals surface area contributed by atoms with Gasteiger partial charge < -0.3 is 4.74 Å². The predicted octanol–water partition coefficient (Wildman–Crippen LogP) is 3.34. The predicted molar refractivity (Wildman–Crippen MR) is 80.9 cm³/mol. The highest BCUT2D eigenvalue weighted by molar-refractivity contribution is 9.10. The van der Waals surface area contributed by atoms with E-state index in [9.17, 15) is 4.39 Å². The Morgan fingerprint density at radius 3 is 2.55 bits per heavy atom. The van der Waals surface area contributed by atoms with E-state index < -0.39 is 0 Å². The Kier molecular flexibility index (Phi) is 5.11. The molecule has 1 unspecified atom stereocenters. The number of nitrogens with one attached hydrogen (secondary N) is 1. The number of halogens is 2. The Bertz CT molecular complexity index is 575. The fourth-order valence-electron chi connectivity index (χ4n) is 2.07. The van der Waals surface area contributed by atoms with E-state index >= 15 is 0 Å². The van der Waals surface area contributed by atoms with Crippen LogP contribution in [0.4, 0.5) is 4.39 Å². The standard InChI is InChI=1S/C15H16BrFN2O/c1-20-14-4-2-3-12(15(14)17)13(19-18)9-10-5-7-11(16)8-6-10/h2-8,13,19H,9,18H2,1H3. The third kappa shape index (κ3) is 3.36. The molecule has 0 amide bonds. The van der Waals surface area contributed by atoms with Crippen LogP contribution in [-0.2, 0) is 6.42 Å². The van der Waals surface area contributed by atoms with Crippen molar-refractivity contribution in [3.05, 3.63) is 63.9 Å². The molecule has 0 saturated carbocycles. The van der Waals surface area contributed by atoms with Crippen LogP contribution in [0.1, 0.15) is 17.2 Å². The molecular weight excluding hydrogens is 323 g/mol. The van der Waals surface area contributed by atoms with Gasteiger partial charge in [-0.2, -0.15) is 0 Å². The van der Waals surface area contributed by atoms with E-state index in [-0.39, 0.29) is 17.6 Å². The van der Waals surface area contributed by atoms with E-state index in [2.05, 4.69) is 21.4 Å². The van der Waals surface area contributed by atoms with E-state index in [4.69, 9.17) is 10.6 Å². The van der Waals surface area contributed by atoms with E-state index in [1.165, 1.54) is 7.11 Å². The lowest BCUT2D eigenvalue weighted by Gasteiger charge is -2.18. The molecule has 2 rings (SSSR count). The summed E-state index contributed by atoms with van der Waals surface area (Å²) in [5, 5.41) is 0. The van der Waals surface area contributed by atoms with Crippen LogP contribution >= 0.6 is 15.9 Å². The molecule has 20 heavy (non-hydrogen) atoms. The molecule has 0 aliphatic rings. The first kappa shape index (κ1) is 15.0. The van der Waals surface area contributed by atoms with Crippen molar-refractivity contribution in [3.8, 4) is 5.75 Å². The molecule has 2 aromatic rings. The van der Waals surface area contributed by atoms with Crippen LogP contribution in [0, 0.1) is 5.82 Å². The van der Waals surface area contributed by atoms with Crippen LogP contribution in [0.5, 0.6) is 5.75 Å². The maximum Gasteiger partial charge on any atom is 0.169 e. The quantitative estimate of drug-likeness (QED) is 0.649. The zero-order valence-electron chi connectivity index (χ0n) is 11.1. The Balaban J connectivity index is 2.26. The number of rotatable bonds is 5. The van der Waals surface area contributed by atoms with Crippen molar-refractivity contribution in [3.63, 3.8) is 0 Å². The van der Waals surface area contributed by atoms with E-state index in [1.807, 2.05) is 24.3 Å². The normalized spacial score (nSPS) is 12.2. The largest absolute Gasteiger partial charge is 0.494 e. The Labute approximate surface area is 126 Å². The lowest BCUT2D eigenvalue weighted by atomic mass is 9.98. The molecule has 3 N–H and O–H groups in total. The molecule has 0 aromatic heterocycles. The monoisotopic (exact) mass is 338 g/mol. The molecule has 0 fully saturated rings. The molecule has 1 atom stereocenters. The van der Waals surface area contributed by atoms with Crippen molar-refractivity contribution in [2.24, 2.45) is 5.84 Å². The number of nitrogens with two attached hydrogens (primary N) is 1. The Morgan fingerprint density at radius 2 is 1.95 bits per heavy atom. The zero-order chi connectivity index (χ0) is 14.5. The fraction of sp³-hybridized carbons (Fsp3) is 0.200. The second-order valence-electron chi connectivity index (χ2n) is 4.41. The van der Waals surface area contributed by atoms with Gasteiger partial charge in [0.05, 0.1) is 13.2 Å². The zero-order valence-corrected chi connectivity index (χ0v) is 12.7. The van der Waals surface area contributed by atoms with Crippen LogP contribution in [0.2, 0.25) is 0 Å². The van der Waals surface area contributed by atoms with Crippen molar-refractivity contribution in [1.82, 2.24) is 5.43 Å². The molecule has 0 radical (unpaired) electrons. The minimum atomic E-state index is -0.380. The summed E-state index contributed by atoms with van der Waals surface area (Å²) >= 11 is 3.39. The molecular formula is C15H16BrFN2O. The summed E-state index contributed by atoms with van der Waals surface area (Å²) in [7, 11) is 1.45. The molecule has 2 aromatic carbocycles. The van der Waals surface area contributed by atoms with Crippen LogP contribution in [-0.4, -0.2) is 7.11 Å². The van der Waals surface area contributed by atoms with E-state index in [0.717, 1.165) is 10.0 Å². The minimum Gasteiger partial charge on any atom is -0.494 e. The highest BCUT2D eigenvalue weighted by atomic mass is 79.9. The topological polar surface area (TPSA) is 47.3 Å². The van der Waals surface area contributed by atoms with Gasteiger partial charge >= 0.3 is 0 Å². The van der Waals surface area contributed by atoms with Crippen molar-refractivity contribution in [2.75, 3.05) is 7.11 Å². The highest BCUT2D eigenvalue weighted by Gasteiger charge is 2.17. The second-order valence-corrected chi connectivity index (χ2v) is 5.33. The molecule has 0 spiro atoms. The first-order chi connectivity index (χ1) is 9.65.